The molecule has 0 unspecified atom stereocenters. The second kappa shape index (κ2) is 13.4. The van der Waals surface area contributed by atoms with Gasteiger partial charge in [0.2, 0.25) is 23.3 Å². The topological polar surface area (TPSA) is 98.2 Å². The molecule has 0 saturated heterocycles. The average molecular weight is 536 g/mol. The number of Topliss-reactive ketones (excluding diaryl/α,β-unsaturated/α-hetero) is 1. The Kier molecular flexibility index (Phi) is 9.19. The van der Waals surface area contributed by atoms with Crippen molar-refractivity contribution in [3.05, 3.63) is 102 Å². The Morgan fingerprint density at radius 1 is 0.850 bits per heavy atom. The van der Waals surface area contributed by atoms with Crippen LogP contribution in [0.4, 0.5) is 0 Å². The molecule has 1 heterocycles. The van der Waals surface area contributed by atoms with E-state index in [0.29, 0.717) is 36.8 Å². The fraction of sp³-hybridized carbons (Fsp3) is 0.324. The predicted octanol–water partition coefficient (Wildman–Crippen LogP) is 6.61. The zero-order chi connectivity index (χ0) is 27.7. The van der Waals surface area contributed by atoms with Crippen molar-refractivity contribution < 1.29 is 14.0 Å². The summed E-state index contributed by atoms with van der Waals surface area (Å²) in [5.41, 5.74) is 9.49. The zero-order valence-corrected chi connectivity index (χ0v) is 22.8. The van der Waals surface area contributed by atoms with Crippen molar-refractivity contribution in [2.24, 2.45) is 11.7 Å². The van der Waals surface area contributed by atoms with Gasteiger partial charge in [0.25, 0.3) is 0 Å². The van der Waals surface area contributed by atoms with Crippen LogP contribution >= 0.6 is 0 Å². The molecule has 1 saturated carbocycles. The SMILES string of the molecule is N[C@@H](CC1CCCCC1)C(=O)N[C@@H](CCc1ccccc1)C(=O)c1oc(-c2ccccc2)nc1-c1ccccc1. The second-order valence-electron chi connectivity index (χ2n) is 10.7. The summed E-state index contributed by atoms with van der Waals surface area (Å²) >= 11 is 0. The molecular weight excluding hydrogens is 498 g/mol. The molecule has 1 aliphatic rings. The number of carbonyl (C=O) groups excluding carboxylic acids is 2. The van der Waals surface area contributed by atoms with E-state index in [1.165, 1.54) is 19.3 Å². The molecule has 1 fully saturated rings. The molecule has 4 aromatic rings. The molecule has 3 aromatic carbocycles. The van der Waals surface area contributed by atoms with Crippen molar-refractivity contribution in [3.63, 3.8) is 0 Å². The number of carbonyl (C=O) groups is 2. The summed E-state index contributed by atoms with van der Waals surface area (Å²) in [6.07, 6.45) is 7.52. The molecule has 0 bridgehead atoms. The van der Waals surface area contributed by atoms with Gasteiger partial charge in [0, 0.05) is 11.1 Å². The minimum Gasteiger partial charge on any atom is -0.432 e. The molecule has 2 atom stereocenters. The Morgan fingerprint density at radius 3 is 2.10 bits per heavy atom. The van der Waals surface area contributed by atoms with E-state index in [-0.39, 0.29) is 17.5 Å². The van der Waals surface area contributed by atoms with Gasteiger partial charge in [-0.25, -0.2) is 4.98 Å². The van der Waals surface area contributed by atoms with Gasteiger partial charge in [-0.2, -0.15) is 0 Å². The summed E-state index contributed by atoms with van der Waals surface area (Å²) in [7, 11) is 0. The van der Waals surface area contributed by atoms with Crippen molar-refractivity contribution in [2.45, 2.75) is 63.5 Å². The number of hydrogen-bond acceptors (Lipinski definition) is 5. The average Bonchev–Trinajstić information content (AvgIpc) is 3.46. The molecule has 1 amide bonds. The normalized spacial score (nSPS) is 15.3. The Morgan fingerprint density at radius 2 is 1.45 bits per heavy atom. The minimum absolute atomic E-state index is 0.143. The number of ketones is 1. The molecule has 206 valence electrons. The lowest BCUT2D eigenvalue weighted by molar-refractivity contribution is -0.123. The third kappa shape index (κ3) is 6.93. The van der Waals surface area contributed by atoms with Gasteiger partial charge in [0.15, 0.2) is 0 Å². The van der Waals surface area contributed by atoms with Crippen LogP contribution in [0.3, 0.4) is 0 Å². The molecule has 0 spiro atoms. The lowest BCUT2D eigenvalue weighted by atomic mass is 9.85. The molecule has 1 aliphatic carbocycles. The highest BCUT2D eigenvalue weighted by molar-refractivity contribution is 6.04. The van der Waals surface area contributed by atoms with Gasteiger partial charge in [-0.05, 0) is 42.9 Å². The number of aromatic nitrogens is 1. The van der Waals surface area contributed by atoms with E-state index in [0.717, 1.165) is 29.5 Å². The number of benzene rings is 3. The minimum atomic E-state index is -0.802. The standard InChI is InChI=1S/C34H37N3O3/c35-28(23-25-15-7-2-8-16-25)33(39)36-29(22-21-24-13-5-1-6-14-24)31(38)32-30(26-17-9-3-10-18-26)37-34(40-32)27-19-11-4-12-20-27/h1,3-6,9-14,17-20,25,28-29H,2,7-8,15-16,21-23,35H2,(H,36,39)/t28-,29-/m0/s1. The van der Waals surface area contributed by atoms with Crippen LogP contribution in [0.2, 0.25) is 0 Å². The van der Waals surface area contributed by atoms with E-state index in [1.807, 2.05) is 91.0 Å². The molecular formula is C34H37N3O3. The number of nitrogens with zero attached hydrogens (tertiary/aromatic N) is 1. The Labute approximate surface area is 236 Å². The molecule has 40 heavy (non-hydrogen) atoms. The maximum Gasteiger partial charge on any atom is 0.237 e. The van der Waals surface area contributed by atoms with E-state index in [2.05, 4.69) is 5.32 Å². The number of nitrogens with two attached hydrogens (primary N) is 1. The maximum absolute atomic E-state index is 14.2. The fourth-order valence-electron chi connectivity index (χ4n) is 5.53. The predicted molar refractivity (Wildman–Crippen MR) is 158 cm³/mol. The van der Waals surface area contributed by atoms with Crippen molar-refractivity contribution >= 4 is 11.7 Å². The summed E-state index contributed by atoms with van der Waals surface area (Å²) in [6, 6.07) is 27.5. The van der Waals surface area contributed by atoms with Crippen molar-refractivity contribution in [1.82, 2.24) is 10.3 Å². The van der Waals surface area contributed by atoms with Gasteiger partial charge >= 0.3 is 0 Å². The summed E-state index contributed by atoms with van der Waals surface area (Å²) in [6.45, 7) is 0. The summed E-state index contributed by atoms with van der Waals surface area (Å²) in [4.78, 5) is 32.2. The maximum atomic E-state index is 14.2. The number of rotatable bonds is 11. The van der Waals surface area contributed by atoms with Crippen molar-refractivity contribution in [1.29, 1.82) is 0 Å². The van der Waals surface area contributed by atoms with E-state index in [9.17, 15) is 9.59 Å². The van der Waals surface area contributed by atoms with Gasteiger partial charge in [-0.15, -0.1) is 0 Å². The number of amides is 1. The van der Waals surface area contributed by atoms with Gasteiger partial charge in [0.1, 0.15) is 5.69 Å². The summed E-state index contributed by atoms with van der Waals surface area (Å²) < 4.78 is 6.17. The second-order valence-corrected chi connectivity index (χ2v) is 10.7. The van der Waals surface area contributed by atoms with Crippen LogP contribution in [-0.2, 0) is 11.2 Å². The number of oxazole rings is 1. The zero-order valence-electron chi connectivity index (χ0n) is 22.8. The van der Waals surface area contributed by atoms with Crippen molar-refractivity contribution in [2.75, 3.05) is 0 Å². The first-order chi connectivity index (χ1) is 19.6. The summed E-state index contributed by atoms with van der Waals surface area (Å²) in [5, 5.41) is 3.00. The molecule has 0 radical (unpaired) electrons. The largest absolute Gasteiger partial charge is 0.432 e. The Hall–Kier alpha value is -4.03. The first-order valence-corrected chi connectivity index (χ1v) is 14.3. The highest BCUT2D eigenvalue weighted by atomic mass is 16.4. The van der Waals surface area contributed by atoms with Crippen molar-refractivity contribution in [3.8, 4) is 22.7 Å². The van der Waals surface area contributed by atoms with Gasteiger partial charge in [-0.3, -0.25) is 9.59 Å². The molecule has 5 rings (SSSR count). The van der Waals surface area contributed by atoms with Gasteiger partial charge in [-0.1, -0.05) is 111 Å². The number of aryl methyl sites for hydroxylation is 1. The van der Waals surface area contributed by atoms with Crippen LogP contribution in [-0.4, -0.2) is 28.8 Å². The van der Waals surface area contributed by atoms with Crippen LogP contribution in [0.1, 0.15) is 61.1 Å². The molecule has 6 nitrogen and oxygen atoms in total. The van der Waals surface area contributed by atoms with E-state index in [1.54, 1.807) is 0 Å². The molecule has 0 aliphatic heterocycles. The van der Waals surface area contributed by atoms with Crippen LogP contribution in [0.5, 0.6) is 0 Å². The lowest BCUT2D eigenvalue weighted by Gasteiger charge is -2.25. The first-order valence-electron chi connectivity index (χ1n) is 14.3. The van der Waals surface area contributed by atoms with E-state index >= 15 is 0 Å². The Balaban J connectivity index is 1.43. The van der Waals surface area contributed by atoms with E-state index in [4.69, 9.17) is 15.1 Å². The monoisotopic (exact) mass is 535 g/mol. The Bertz CT molecular complexity index is 1380. The van der Waals surface area contributed by atoms with E-state index < -0.39 is 12.1 Å². The van der Waals surface area contributed by atoms with Crippen LogP contribution in [0, 0.1) is 5.92 Å². The van der Waals surface area contributed by atoms with Gasteiger partial charge in [0.05, 0.1) is 12.1 Å². The number of hydrogen-bond donors (Lipinski definition) is 2. The molecule has 3 N–H and O–H groups in total. The smallest absolute Gasteiger partial charge is 0.237 e. The third-order valence-corrected chi connectivity index (χ3v) is 7.77. The quantitative estimate of drug-likeness (QED) is 0.211. The molecule has 6 heteroatoms. The highest BCUT2D eigenvalue weighted by Gasteiger charge is 2.31. The third-order valence-electron chi connectivity index (χ3n) is 7.77. The van der Waals surface area contributed by atoms with Gasteiger partial charge < -0.3 is 15.5 Å². The van der Waals surface area contributed by atoms with Crippen LogP contribution < -0.4 is 11.1 Å². The fourth-order valence-corrected chi connectivity index (χ4v) is 5.53. The van der Waals surface area contributed by atoms with Crippen LogP contribution in [0.25, 0.3) is 22.7 Å². The summed E-state index contributed by atoms with van der Waals surface area (Å²) in [5.74, 6) is 0.373. The lowest BCUT2D eigenvalue weighted by Crippen LogP contribution is -2.49. The highest BCUT2D eigenvalue weighted by Crippen LogP contribution is 2.31. The first kappa shape index (κ1) is 27.5. The molecule has 1 aromatic heterocycles. The van der Waals surface area contributed by atoms with Crippen LogP contribution in [0.15, 0.2) is 95.4 Å². The number of nitrogens with one attached hydrogen (secondary N) is 1.